The molecule has 7 nitrogen and oxygen atoms in total. The molecule has 1 aromatic heterocycles. The van der Waals surface area contributed by atoms with Gasteiger partial charge in [-0.1, -0.05) is 25.4 Å². The highest BCUT2D eigenvalue weighted by atomic mass is 35.5. The minimum atomic E-state index is -0.0968. The zero-order valence-electron chi connectivity index (χ0n) is 18.1. The zero-order chi connectivity index (χ0) is 22.2. The van der Waals surface area contributed by atoms with Crippen molar-refractivity contribution in [3.63, 3.8) is 0 Å². The molecule has 0 atom stereocenters. The topological polar surface area (TPSA) is 75.1 Å². The second kappa shape index (κ2) is 11.8. The van der Waals surface area contributed by atoms with Crippen molar-refractivity contribution in [2.45, 2.75) is 33.6 Å². The van der Waals surface area contributed by atoms with Crippen LogP contribution in [0.5, 0.6) is 5.75 Å². The predicted octanol–water partition coefficient (Wildman–Crippen LogP) is 3.18. The van der Waals surface area contributed by atoms with Crippen LogP contribution in [0.3, 0.4) is 0 Å². The lowest BCUT2D eigenvalue weighted by Crippen LogP contribution is -2.43. The summed E-state index contributed by atoms with van der Waals surface area (Å²) in [5.74, 6) is 0.685. The first-order valence-corrected chi connectivity index (χ1v) is 11.8. The molecular formula is C22H30ClN3O4S. The van der Waals surface area contributed by atoms with Gasteiger partial charge in [0.25, 0.3) is 0 Å². The molecule has 170 valence electrons. The van der Waals surface area contributed by atoms with Crippen LogP contribution in [0.1, 0.15) is 30.1 Å². The Morgan fingerprint density at radius 1 is 1.39 bits per heavy atom. The maximum Gasteiger partial charge on any atom is 0.225 e. The lowest BCUT2D eigenvalue weighted by Gasteiger charge is -2.31. The minimum Gasteiger partial charge on any atom is -0.486 e. The van der Waals surface area contributed by atoms with Crippen LogP contribution in [-0.2, 0) is 29.3 Å². The van der Waals surface area contributed by atoms with Gasteiger partial charge >= 0.3 is 0 Å². The van der Waals surface area contributed by atoms with Crippen molar-refractivity contribution >= 4 is 28.8 Å². The molecule has 0 aliphatic carbocycles. The molecule has 31 heavy (non-hydrogen) atoms. The number of carbonyl (C=O) groups excluding carboxylic acids is 1. The van der Waals surface area contributed by atoms with Crippen LogP contribution in [0.4, 0.5) is 0 Å². The van der Waals surface area contributed by atoms with Gasteiger partial charge in [-0.3, -0.25) is 9.69 Å². The van der Waals surface area contributed by atoms with E-state index in [-0.39, 0.29) is 18.4 Å². The smallest absolute Gasteiger partial charge is 0.225 e. The van der Waals surface area contributed by atoms with Gasteiger partial charge in [0, 0.05) is 54.6 Å². The summed E-state index contributed by atoms with van der Waals surface area (Å²) in [5.41, 5.74) is 1.50. The van der Waals surface area contributed by atoms with Crippen LogP contribution >= 0.6 is 22.9 Å². The Morgan fingerprint density at radius 3 is 2.84 bits per heavy atom. The number of amides is 1. The predicted molar refractivity (Wildman–Crippen MR) is 121 cm³/mol. The number of aromatic nitrogens is 1. The van der Waals surface area contributed by atoms with E-state index in [9.17, 15) is 9.90 Å². The lowest BCUT2D eigenvalue weighted by molar-refractivity contribution is -0.135. The van der Waals surface area contributed by atoms with Gasteiger partial charge in [0.05, 0.1) is 25.5 Å². The Labute approximate surface area is 192 Å². The number of rotatable bonds is 10. The highest BCUT2D eigenvalue weighted by Gasteiger charge is 2.21. The number of aliphatic hydroxyl groups excluding tert-OH is 1. The van der Waals surface area contributed by atoms with Crippen molar-refractivity contribution in [3.05, 3.63) is 44.9 Å². The van der Waals surface area contributed by atoms with E-state index in [4.69, 9.17) is 21.1 Å². The molecule has 3 rings (SSSR count). The fourth-order valence-corrected chi connectivity index (χ4v) is 4.26. The van der Waals surface area contributed by atoms with Gasteiger partial charge in [-0.05, 0) is 18.2 Å². The van der Waals surface area contributed by atoms with Gasteiger partial charge in [0.2, 0.25) is 5.91 Å². The first kappa shape index (κ1) is 23.9. The van der Waals surface area contributed by atoms with E-state index < -0.39 is 0 Å². The second-order valence-electron chi connectivity index (χ2n) is 7.80. The average molecular weight is 468 g/mol. The molecule has 1 saturated heterocycles. The fraction of sp³-hybridized carbons (Fsp3) is 0.545. The van der Waals surface area contributed by atoms with E-state index in [0.29, 0.717) is 36.2 Å². The van der Waals surface area contributed by atoms with E-state index in [1.54, 1.807) is 6.07 Å². The maximum atomic E-state index is 12.9. The molecule has 0 spiro atoms. The number of benzene rings is 1. The summed E-state index contributed by atoms with van der Waals surface area (Å²) in [6.07, 6.45) is 0. The third-order valence-corrected chi connectivity index (χ3v) is 6.20. The number of thiazole rings is 1. The molecule has 1 N–H and O–H groups in total. The molecule has 1 aliphatic heterocycles. The quantitative estimate of drug-likeness (QED) is 0.578. The number of carbonyl (C=O) groups is 1. The van der Waals surface area contributed by atoms with Crippen molar-refractivity contribution in [3.8, 4) is 5.75 Å². The van der Waals surface area contributed by atoms with Gasteiger partial charge in [0.1, 0.15) is 17.4 Å². The number of hydrogen-bond acceptors (Lipinski definition) is 7. The molecule has 1 amide bonds. The molecule has 0 saturated carbocycles. The van der Waals surface area contributed by atoms with Crippen LogP contribution in [0.25, 0.3) is 0 Å². The first-order valence-electron chi connectivity index (χ1n) is 10.5. The van der Waals surface area contributed by atoms with Crippen molar-refractivity contribution in [2.75, 3.05) is 39.4 Å². The standard InChI is InChI=1S/C22H30ClN3O4S/c1-16(2)22(28)26(6-5-25-7-9-29-10-8-25)12-17-11-18(23)3-4-20(17)30-14-21-24-19(13-27)15-31-21/h3-4,11,15-16,27H,5-10,12-14H2,1-2H3. The van der Waals surface area contributed by atoms with Crippen LogP contribution in [-0.4, -0.2) is 65.2 Å². The van der Waals surface area contributed by atoms with Crippen LogP contribution in [0, 0.1) is 5.92 Å². The summed E-state index contributed by atoms with van der Waals surface area (Å²) in [4.78, 5) is 21.4. The Kier molecular flexibility index (Phi) is 9.10. The summed E-state index contributed by atoms with van der Waals surface area (Å²) in [7, 11) is 0. The number of hydrogen-bond donors (Lipinski definition) is 1. The molecule has 1 fully saturated rings. The second-order valence-corrected chi connectivity index (χ2v) is 9.18. The molecule has 0 bridgehead atoms. The van der Waals surface area contributed by atoms with E-state index in [0.717, 1.165) is 43.4 Å². The van der Waals surface area contributed by atoms with Crippen molar-refractivity contribution in [1.29, 1.82) is 0 Å². The van der Waals surface area contributed by atoms with Crippen LogP contribution in [0.15, 0.2) is 23.6 Å². The maximum absolute atomic E-state index is 12.9. The molecule has 1 aromatic carbocycles. The lowest BCUT2D eigenvalue weighted by atomic mass is 10.1. The van der Waals surface area contributed by atoms with Gasteiger partial charge in [-0.25, -0.2) is 4.98 Å². The monoisotopic (exact) mass is 467 g/mol. The summed E-state index contributed by atoms with van der Waals surface area (Å²) >= 11 is 7.71. The largest absolute Gasteiger partial charge is 0.486 e. The third kappa shape index (κ3) is 7.15. The van der Waals surface area contributed by atoms with E-state index >= 15 is 0 Å². The van der Waals surface area contributed by atoms with E-state index in [1.807, 2.05) is 36.3 Å². The fourth-order valence-electron chi connectivity index (χ4n) is 3.36. The molecule has 1 aliphatic rings. The van der Waals surface area contributed by atoms with Gasteiger partial charge < -0.3 is 19.5 Å². The molecule has 2 aromatic rings. The van der Waals surface area contributed by atoms with E-state index in [1.165, 1.54) is 11.3 Å². The highest BCUT2D eigenvalue weighted by molar-refractivity contribution is 7.09. The SMILES string of the molecule is CC(C)C(=O)N(CCN1CCOCC1)Cc1cc(Cl)ccc1OCc1nc(CO)cs1. The molecule has 9 heteroatoms. The average Bonchev–Trinajstić information content (AvgIpc) is 3.24. The minimum absolute atomic E-state index is 0.0852. The molecule has 0 radical (unpaired) electrons. The summed E-state index contributed by atoms with van der Waals surface area (Å²) < 4.78 is 11.4. The molecule has 0 unspecified atom stereocenters. The molecular weight excluding hydrogens is 438 g/mol. The Balaban J connectivity index is 1.70. The normalized spacial score (nSPS) is 14.7. The number of ether oxygens (including phenoxy) is 2. The van der Waals surface area contributed by atoms with Crippen LogP contribution < -0.4 is 4.74 Å². The zero-order valence-corrected chi connectivity index (χ0v) is 19.6. The third-order valence-electron chi connectivity index (χ3n) is 5.09. The van der Waals surface area contributed by atoms with Crippen molar-refractivity contribution in [2.24, 2.45) is 5.92 Å². The van der Waals surface area contributed by atoms with Gasteiger partial charge in [0.15, 0.2) is 0 Å². The number of nitrogens with zero attached hydrogens (tertiary/aromatic N) is 3. The van der Waals surface area contributed by atoms with Crippen LogP contribution in [0.2, 0.25) is 5.02 Å². The first-order chi connectivity index (χ1) is 15.0. The van der Waals surface area contributed by atoms with Gasteiger partial charge in [-0.2, -0.15) is 0 Å². The van der Waals surface area contributed by atoms with Gasteiger partial charge in [-0.15, -0.1) is 11.3 Å². The summed E-state index contributed by atoms with van der Waals surface area (Å²) in [6.45, 7) is 9.16. The molecule has 2 heterocycles. The summed E-state index contributed by atoms with van der Waals surface area (Å²) in [5, 5.41) is 12.4. The van der Waals surface area contributed by atoms with Crippen molar-refractivity contribution < 1.29 is 19.4 Å². The Morgan fingerprint density at radius 2 is 2.16 bits per heavy atom. The number of aliphatic hydroxyl groups is 1. The van der Waals surface area contributed by atoms with Crippen molar-refractivity contribution in [1.82, 2.24) is 14.8 Å². The van der Waals surface area contributed by atoms with E-state index in [2.05, 4.69) is 9.88 Å². The highest BCUT2D eigenvalue weighted by Crippen LogP contribution is 2.26. The Bertz CT molecular complexity index is 855. The number of halogens is 1. The summed E-state index contributed by atoms with van der Waals surface area (Å²) in [6, 6.07) is 5.47. The Hall–Kier alpha value is -1.71. The number of morpholine rings is 1.